The molecule has 0 spiro atoms. The molecule has 0 saturated heterocycles. The zero-order valence-electron chi connectivity index (χ0n) is 7.65. The van der Waals surface area contributed by atoms with E-state index in [9.17, 15) is 22.0 Å². The van der Waals surface area contributed by atoms with Crippen LogP contribution in [0.25, 0.3) is 0 Å². The fraction of sp³-hybridized carbons (Fsp3) is 0.375. The van der Waals surface area contributed by atoms with Crippen LogP contribution in [-0.4, -0.2) is 4.98 Å². The van der Waals surface area contributed by atoms with Crippen LogP contribution in [-0.2, 0) is 12.1 Å². The minimum atomic E-state index is -4.76. The van der Waals surface area contributed by atoms with Crippen LogP contribution in [0.5, 0.6) is 0 Å². The van der Waals surface area contributed by atoms with Crippen LogP contribution >= 0.6 is 11.6 Å². The van der Waals surface area contributed by atoms with Crippen molar-refractivity contribution in [3.05, 3.63) is 22.9 Å². The highest BCUT2D eigenvalue weighted by Gasteiger charge is 2.37. The molecule has 2 N–H and O–H groups in total. The number of aromatic nitrogens is 1. The Balaban J connectivity index is 3.41. The predicted molar refractivity (Wildman–Crippen MR) is 48.2 cm³/mol. The molecule has 0 aromatic carbocycles. The van der Waals surface area contributed by atoms with Gasteiger partial charge in [0.05, 0.1) is 0 Å². The van der Waals surface area contributed by atoms with Gasteiger partial charge < -0.3 is 5.73 Å². The monoisotopic (exact) mass is 260 g/mol. The molecular formula is C8H6ClF5N2. The number of nitrogens with two attached hydrogens (primary N) is 1. The van der Waals surface area contributed by atoms with E-state index in [1.165, 1.54) is 0 Å². The lowest BCUT2D eigenvalue weighted by Crippen LogP contribution is -2.15. The second-order valence-electron chi connectivity index (χ2n) is 2.90. The van der Waals surface area contributed by atoms with Crippen molar-refractivity contribution in [3.63, 3.8) is 0 Å². The second-order valence-corrected chi connectivity index (χ2v) is 3.17. The number of hydrogen-bond acceptors (Lipinski definition) is 2. The number of anilines is 1. The highest BCUT2D eigenvalue weighted by molar-refractivity contribution is 6.17. The highest BCUT2D eigenvalue weighted by atomic mass is 35.5. The third kappa shape index (κ3) is 2.52. The predicted octanol–water partition coefficient (Wildman–Crippen LogP) is 3.36. The second kappa shape index (κ2) is 4.40. The smallest absolute Gasteiger partial charge is 0.383 e. The summed E-state index contributed by atoms with van der Waals surface area (Å²) in [5.74, 6) is -1.55. The Hall–Kier alpha value is -1.11. The molecule has 90 valence electrons. The fourth-order valence-corrected chi connectivity index (χ4v) is 1.40. The average Bonchev–Trinajstić information content (AvgIpc) is 2.14. The number of hydrogen-bond donors (Lipinski definition) is 1. The van der Waals surface area contributed by atoms with Crippen molar-refractivity contribution in [2.24, 2.45) is 0 Å². The van der Waals surface area contributed by atoms with Gasteiger partial charge in [-0.25, -0.2) is 13.8 Å². The molecule has 0 amide bonds. The summed E-state index contributed by atoms with van der Waals surface area (Å²) < 4.78 is 61.9. The van der Waals surface area contributed by atoms with Crippen LogP contribution in [0.4, 0.5) is 27.8 Å². The Morgan fingerprint density at radius 3 is 2.31 bits per heavy atom. The van der Waals surface area contributed by atoms with Crippen molar-refractivity contribution in [2.45, 2.75) is 18.5 Å². The Morgan fingerprint density at radius 1 is 1.38 bits per heavy atom. The van der Waals surface area contributed by atoms with Crippen molar-refractivity contribution in [1.29, 1.82) is 0 Å². The summed E-state index contributed by atoms with van der Waals surface area (Å²) >= 11 is 5.26. The molecule has 8 heteroatoms. The maximum Gasteiger partial charge on any atom is 0.420 e. The number of halogens is 6. The largest absolute Gasteiger partial charge is 0.420 e. The van der Waals surface area contributed by atoms with Crippen LogP contribution in [0.2, 0.25) is 0 Å². The van der Waals surface area contributed by atoms with Gasteiger partial charge in [-0.1, -0.05) is 0 Å². The molecule has 16 heavy (non-hydrogen) atoms. The molecule has 0 bridgehead atoms. The van der Waals surface area contributed by atoms with Crippen LogP contribution in [0, 0.1) is 0 Å². The van der Waals surface area contributed by atoms with E-state index in [1.54, 1.807) is 0 Å². The zero-order valence-corrected chi connectivity index (χ0v) is 8.41. The maximum atomic E-state index is 12.5. The molecule has 2 nitrogen and oxygen atoms in total. The van der Waals surface area contributed by atoms with E-state index in [0.717, 1.165) is 0 Å². The quantitative estimate of drug-likeness (QED) is 0.654. The van der Waals surface area contributed by atoms with Gasteiger partial charge in [-0.15, -0.1) is 11.6 Å². The summed E-state index contributed by atoms with van der Waals surface area (Å²) in [7, 11) is 0. The third-order valence-corrected chi connectivity index (χ3v) is 2.09. The van der Waals surface area contributed by atoms with Gasteiger partial charge in [0, 0.05) is 5.88 Å². The summed E-state index contributed by atoms with van der Waals surface area (Å²) in [6.07, 6.45) is -7.76. The minimum absolute atomic E-state index is 0.503. The van der Waals surface area contributed by atoms with E-state index in [0.29, 0.717) is 6.07 Å². The third-order valence-electron chi connectivity index (χ3n) is 1.80. The summed E-state index contributed by atoms with van der Waals surface area (Å²) in [5.41, 5.74) is 2.42. The van der Waals surface area contributed by atoms with E-state index in [2.05, 4.69) is 4.98 Å². The lowest BCUT2D eigenvalue weighted by atomic mass is 10.1. The van der Waals surface area contributed by atoms with E-state index in [-0.39, 0.29) is 0 Å². The number of alkyl halides is 6. The van der Waals surface area contributed by atoms with Gasteiger partial charge in [-0.05, 0) is 11.6 Å². The Bertz CT molecular complexity index is 391. The molecule has 0 atom stereocenters. The molecule has 1 aromatic heterocycles. The van der Waals surface area contributed by atoms with E-state index >= 15 is 0 Å². The van der Waals surface area contributed by atoms with Crippen LogP contribution in [0.3, 0.4) is 0 Å². The zero-order chi connectivity index (χ0) is 12.5. The fourth-order valence-electron chi connectivity index (χ4n) is 1.19. The lowest BCUT2D eigenvalue weighted by Gasteiger charge is -2.14. The Labute approximate surface area is 92.2 Å². The van der Waals surface area contributed by atoms with E-state index < -0.39 is 41.1 Å². The molecule has 0 saturated carbocycles. The first kappa shape index (κ1) is 13.0. The normalized spacial score (nSPS) is 12.2. The standard InChI is InChI=1S/C8H6ClF5N2/c9-2-3-1-4(6(10)11)16-7(15)5(3)8(12,13)14/h1,6H,2H2,(H2,15,16). The van der Waals surface area contributed by atoms with E-state index in [1.807, 2.05) is 0 Å². The number of nitrogen functional groups attached to an aromatic ring is 1. The van der Waals surface area contributed by atoms with Gasteiger partial charge in [0.15, 0.2) is 0 Å². The molecule has 0 aliphatic heterocycles. The van der Waals surface area contributed by atoms with Crippen molar-refractivity contribution in [1.82, 2.24) is 4.98 Å². The van der Waals surface area contributed by atoms with Gasteiger partial charge in [-0.3, -0.25) is 0 Å². The van der Waals surface area contributed by atoms with Crippen molar-refractivity contribution < 1.29 is 22.0 Å². The first-order valence-electron chi connectivity index (χ1n) is 3.98. The summed E-state index contributed by atoms with van der Waals surface area (Å²) in [5, 5.41) is 0. The number of pyridine rings is 1. The van der Waals surface area contributed by atoms with Crippen molar-refractivity contribution in [2.75, 3.05) is 5.73 Å². The Kier molecular flexibility index (Phi) is 3.57. The van der Waals surface area contributed by atoms with Gasteiger partial charge >= 0.3 is 6.18 Å². The molecule has 0 fully saturated rings. The topological polar surface area (TPSA) is 38.9 Å². The van der Waals surface area contributed by atoms with Crippen molar-refractivity contribution in [3.8, 4) is 0 Å². The molecule has 0 radical (unpaired) electrons. The minimum Gasteiger partial charge on any atom is -0.383 e. The Morgan fingerprint density at radius 2 is 1.94 bits per heavy atom. The molecular weight excluding hydrogens is 255 g/mol. The van der Waals surface area contributed by atoms with E-state index in [4.69, 9.17) is 17.3 Å². The molecule has 0 aliphatic rings. The average molecular weight is 261 g/mol. The van der Waals surface area contributed by atoms with Gasteiger partial charge in [0.25, 0.3) is 6.43 Å². The molecule has 1 aromatic rings. The first-order valence-corrected chi connectivity index (χ1v) is 4.51. The van der Waals surface area contributed by atoms with Crippen molar-refractivity contribution >= 4 is 17.4 Å². The summed E-state index contributed by atoms with van der Waals surface area (Å²) in [6.45, 7) is 0. The highest BCUT2D eigenvalue weighted by Crippen LogP contribution is 2.37. The van der Waals surface area contributed by atoms with Crippen LogP contribution in [0.15, 0.2) is 6.07 Å². The lowest BCUT2D eigenvalue weighted by molar-refractivity contribution is -0.137. The van der Waals surface area contributed by atoms with Crippen LogP contribution < -0.4 is 5.73 Å². The summed E-state index contributed by atoms with van der Waals surface area (Å²) in [4.78, 5) is 3.00. The number of rotatable bonds is 2. The SMILES string of the molecule is Nc1nc(C(F)F)cc(CCl)c1C(F)(F)F. The number of nitrogens with zero attached hydrogens (tertiary/aromatic N) is 1. The molecule has 1 heterocycles. The first-order chi connectivity index (χ1) is 7.27. The van der Waals surface area contributed by atoms with Gasteiger partial charge in [0.2, 0.25) is 0 Å². The maximum absolute atomic E-state index is 12.5. The van der Waals surface area contributed by atoms with Crippen LogP contribution in [0.1, 0.15) is 23.2 Å². The molecule has 0 aliphatic carbocycles. The molecule has 0 unspecified atom stereocenters. The molecule has 1 rings (SSSR count). The van der Waals surface area contributed by atoms with Gasteiger partial charge in [0.1, 0.15) is 17.1 Å². The summed E-state index contributed by atoms with van der Waals surface area (Å²) in [6, 6.07) is 0.608. The van der Waals surface area contributed by atoms with Gasteiger partial charge in [-0.2, -0.15) is 13.2 Å².